The second-order valence-corrected chi connectivity index (χ2v) is 8.29. The predicted molar refractivity (Wildman–Crippen MR) is 72.0 cm³/mol. The Morgan fingerprint density at radius 2 is 2.11 bits per heavy atom. The van der Waals surface area contributed by atoms with Crippen molar-refractivity contribution in [3.8, 4) is 0 Å². The van der Waals surface area contributed by atoms with Crippen molar-refractivity contribution < 1.29 is 22.8 Å². The van der Waals surface area contributed by atoms with E-state index < -0.39 is 16.0 Å². The molecule has 1 saturated heterocycles. The maximum Gasteiger partial charge on any atom is 0.329 e. The smallest absolute Gasteiger partial charge is 0.329 e. The van der Waals surface area contributed by atoms with E-state index in [4.69, 9.17) is 4.74 Å². The summed E-state index contributed by atoms with van der Waals surface area (Å²) in [5.74, 6) is -0.881. The van der Waals surface area contributed by atoms with Gasteiger partial charge in [-0.15, -0.1) is 11.3 Å². The minimum atomic E-state index is -3.81. The number of nitrogens with one attached hydrogen (secondary N) is 1. The minimum absolute atomic E-state index is 0.0825. The summed E-state index contributed by atoms with van der Waals surface area (Å²) in [6, 6.07) is 3.04. The Labute approximate surface area is 123 Å². The standard InChI is InChI=1S/C10H12BrNO5S2/c11-8-1-2-9(18-8)19(14,15)12-17-10(13)7-3-5-16-6-4-7/h1-2,7,12H,3-6H2. The summed E-state index contributed by atoms with van der Waals surface area (Å²) in [4.78, 5) is 18.2. The second kappa shape index (κ2) is 6.31. The first-order valence-electron chi connectivity index (χ1n) is 5.54. The third kappa shape index (κ3) is 3.99. The van der Waals surface area contributed by atoms with Gasteiger partial charge < -0.3 is 9.57 Å². The molecule has 0 aromatic carbocycles. The molecule has 1 aliphatic heterocycles. The Balaban J connectivity index is 1.92. The maximum atomic E-state index is 11.8. The molecule has 0 aliphatic carbocycles. The molecule has 2 rings (SSSR count). The molecule has 106 valence electrons. The van der Waals surface area contributed by atoms with Gasteiger partial charge in [-0.2, -0.15) is 0 Å². The van der Waals surface area contributed by atoms with Crippen molar-refractivity contribution in [3.05, 3.63) is 15.9 Å². The molecule has 0 unspecified atom stereocenters. The van der Waals surface area contributed by atoms with Crippen molar-refractivity contribution in [2.75, 3.05) is 13.2 Å². The highest BCUT2D eigenvalue weighted by molar-refractivity contribution is 9.11. The molecule has 0 bridgehead atoms. The van der Waals surface area contributed by atoms with Crippen molar-refractivity contribution in [1.29, 1.82) is 0 Å². The van der Waals surface area contributed by atoms with Crippen LogP contribution in [0.5, 0.6) is 0 Å². The lowest BCUT2D eigenvalue weighted by Crippen LogP contribution is -2.32. The highest BCUT2D eigenvalue weighted by atomic mass is 79.9. The first kappa shape index (κ1) is 14.9. The molecule has 0 spiro atoms. The van der Waals surface area contributed by atoms with E-state index in [1.54, 1.807) is 6.07 Å². The fourth-order valence-corrected chi connectivity index (χ4v) is 4.37. The first-order valence-corrected chi connectivity index (χ1v) is 8.64. The van der Waals surface area contributed by atoms with E-state index in [0.29, 0.717) is 29.8 Å². The summed E-state index contributed by atoms with van der Waals surface area (Å²) in [5, 5.41) is 0. The Morgan fingerprint density at radius 3 is 2.68 bits per heavy atom. The topological polar surface area (TPSA) is 81.7 Å². The van der Waals surface area contributed by atoms with Crippen molar-refractivity contribution in [2.24, 2.45) is 5.92 Å². The zero-order chi connectivity index (χ0) is 13.9. The maximum absolute atomic E-state index is 11.8. The van der Waals surface area contributed by atoms with Crippen LogP contribution in [0.25, 0.3) is 0 Å². The molecule has 0 atom stereocenters. The summed E-state index contributed by atoms with van der Waals surface area (Å²) < 4.78 is 29.5. The molecule has 0 radical (unpaired) electrons. The van der Waals surface area contributed by atoms with Crippen molar-refractivity contribution in [3.63, 3.8) is 0 Å². The Kier molecular flexibility index (Phi) is 4.96. The van der Waals surface area contributed by atoms with Gasteiger partial charge in [-0.3, -0.25) is 4.79 Å². The number of sulfonamides is 1. The van der Waals surface area contributed by atoms with E-state index in [-0.39, 0.29) is 10.1 Å². The van der Waals surface area contributed by atoms with Gasteiger partial charge in [0.1, 0.15) is 4.21 Å². The third-order valence-corrected chi connectivity index (χ3v) is 5.92. The Hall–Kier alpha value is -0.480. The van der Waals surface area contributed by atoms with Crippen LogP contribution in [0, 0.1) is 5.92 Å². The van der Waals surface area contributed by atoms with Crippen LogP contribution in [0.15, 0.2) is 20.1 Å². The molecule has 9 heteroatoms. The van der Waals surface area contributed by atoms with Crippen LogP contribution in [0.4, 0.5) is 0 Å². The molecular weight excluding hydrogens is 358 g/mol. The van der Waals surface area contributed by atoms with Crippen molar-refractivity contribution in [1.82, 2.24) is 4.89 Å². The number of hydrogen-bond acceptors (Lipinski definition) is 6. The summed E-state index contributed by atoms with van der Waals surface area (Å²) in [5.41, 5.74) is 0. The van der Waals surface area contributed by atoms with Crippen LogP contribution >= 0.6 is 27.3 Å². The number of rotatable bonds is 4. The van der Waals surface area contributed by atoms with Crippen LogP contribution in [0.2, 0.25) is 0 Å². The van der Waals surface area contributed by atoms with E-state index >= 15 is 0 Å². The monoisotopic (exact) mass is 369 g/mol. The van der Waals surface area contributed by atoms with Gasteiger partial charge in [0.25, 0.3) is 10.0 Å². The molecule has 1 aliphatic rings. The van der Waals surface area contributed by atoms with E-state index in [1.807, 2.05) is 4.89 Å². The average molecular weight is 370 g/mol. The minimum Gasteiger partial charge on any atom is -0.381 e. The number of thiophene rings is 1. The highest BCUT2D eigenvalue weighted by Gasteiger charge is 2.26. The average Bonchev–Trinajstić information content (AvgIpc) is 2.85. The molecule has 1 N–H and O–H groups in total. The molecular formula is C10H12BrNO5S2. The second-order valence-electron chi connectivity index (χ2n) is 3.95. The van der Waals surface area contributed by atoms with E-state index in [0.717, 1.165) is 11.3 Å². The predicted octanol–water partition coefficient (Wildman–Crippen LogP) is 1.67. The number of halogens is 1. The van der Waals surface area contributed by atoms with E-state index in [1.165, 1.54) is 6.07 Å². The van der Waals surface area contributed by atoms with Crippen molar-refractivity contribution in [2.45, 2.75) is 17.1 Å². The van der Waals surface area contributed by atoms with Crippen LogP contribution in [-0.4, -0.2) is 27.6 Å². The zero-order valence-corrected chi connectivity index (χ0v) is 13.0. The van der Waals surface area contributed by atoms with E-state index in [2.05, 4.69) is 20.8 Å². The first-order chi connectivity index (χ1) is 8.99. The van der Waals surface area contributed by atoms with Crippen LogP contribution in [0.3, 0.4) is 0 Å². The molecule has 1 fully saturated rings. The lowest BCUT2D eigenvalue weighted by atomic mass is 10.0. The summed E-state index contributed by atoms with van der Waals surface area (Å²) >= 11 is 4.21. The van der Waals surface area contributed by atoms with Gasteiger partial charge in [-0.05, 0) is 45.8 Å². The van der Waals surface area contributed by atoms with E-state index in [9.17, 15) is 13.2 Å². The van der Waals surface area contributed by atoms with Crippen LogP contribution < -0.4 is 4.89 Å². The normalized spacial score (nSPS) is 17.3. The fourth-order valence-electron chi connectivity index (χ4n) is 1.60. The van der Waals surface area contributed by atoms with Crippen LogP contribution in [0.1, 0.15) is 12.8 Å². The van der Waals surface area contributed by atoms with Gasteiger partial charge in [0, 0.05) is 13.2 Å². The number of carbonyl (C=O) groups is 1. The summed E-state index contributed by atoms with van der Waals surface area (Å²) in [6.45, 7) is 0.981. The molecule has 1 aromatic rings. The van der Waals surface area contributed by atoms with Gasteiger partial charge in [-0.25, -0.2) is 8.42 Å². The molecule has 19 heavy (non-hydrogen) atoms. The molecule has 0 amide bonds. The SMILES string of the molecule is O=C(ONS(=O)(=O)c1ccc(Br)s1)C1CCOCC1. The van der Waals surface area contributed by atoms with Gasteiger partial charge in [0.2, 0.25) is 0 Å². The highest BCUT2D eigenvalue weighted by Crippen LogP contribution is 2.26. The zero-order valence-electron chi connectivity index (χ0n) is 9.80. The van der Waals surface area contributed by atoms with Gasteiger partial charge in [0.05, 0.1) is 9.70 Å². The Bertz CT molecular complexity index is 550. The molecule has 0 saturated carbocycles. The lowest BCUT2D eigenvalue weighted by Gasteiger charge is -2.19. The van der Waals surface area contributed by atoms with Gasteiger partial charge in [-0.1, -0.05) is 0 Å². The number of carbonyl (C=O) groups excluding carboxylic acids is 1. The third-order valence-electron chi connectivity index (χ3n) is 2.62. The van der Waals surface area contributed by atoms with Crippen molar-refractivity contribution >= 4 is 43.3 Å². The summed E-state index contributed by atoms with van der Waals surface area (Å²) in [6.07, 6.45) is 1.09. The molecule has 1 aromatic heterocycles. The fraction of sp³-hybridized carbons (Fsp3) is 0.500. The lowest BCUT2D eigenvalue weighted by molar-refractivity contribution is -0.155. The van der Waals surface area contributed by atoms with Gasteiger partial charge >= 0.3 is 5.97 Å². The van der Waals surface area contributed by atoms with Crippen LogP contribution in [-0.2, 0) is 24.4 Å². The van der Waals surface area contributed by atoms with Gasteiger partial charge in [0.15, 0.2) is 0 Å². The number of ether oxygens (including phenoxy) is 1. The quantitative estimate of drug-likeness (QED) is 0.816. The number of hydrogen-bond donors (Lipinski definition) is 1. The largest absolute Gasteiger partial charge is 0.381 e. The molecule has 2 heterocycles. The summed E-state index contributed by atoms with van der Waals surface area (Å²) in [7, 11) is -3.81. The Morgan fingerprint density at radius 1 is 1.42 bits per heavy atom. The molecule has 6 nitrogen and oxygen atoms in total.